The predicted molar refractivity (Wildman–Crippen MR) is 67.7 cm³/mol. The number of para-hydroxylation sites is 1. The minimum Gasteiger partial charge on any atom is -0.493 e. The lowest BCUT2D eigenvalue weighted by atomic mass is 10.1. The van der Waals surface area contributed by atoms with Gasteiger partial charge in [-0.15, -0.1) is 0 Å². The summed E-state index contributed by atoms with van der Waals surface area (Å²) in [4.78, 5) is 0. The van der Waals surface area contributed by atoms with Crippen LogP contribution in [0.25, 0.3) is 0 Å². The first-order valence-electron chi connectivity index (χ1n) is 5.26. The Bertz CT molecular complexity index is 289. The minimum atomic E-state index is 0.172. The average Bonchev–Trinajstić information content (AvgIpc) is 2.20. The van der Waals surface area contributed by atoms with Gasteiger partial charge in [0.2, 0.25) is 0 Å². The van der Waals surface area contributed by atoms with Gasteiger partial charge in [0.1, 0.15) is 5.75 Å². The molecule has 0 heterocycles. The predicted octanol–water partition coefficient (Wildman–Crippen LogP) is 2.74. The SMILES string of the molecule is CC(N)Cc1ccccc1OCCCBr. The normalized spacial score (nSPS) is 12.5. The summed E-state index contributed by atoms with van der Waals surface area (Å²) in [6.45, 7) is 2.76. The zero-order chi connectivity index (χ0) is 11.1. The first-order valence-corrected chi connectivity index (χ1v) is 6.38. The highest BCUT2D eigenvalue weighted by Gasteiger charge is 2.04. The Morgan fingerprint density at radius 1 is 1.40 bits per heavy atom. The van der Waals surface area contributed by atoms with E-state index in [-0.39, 0.29) is 6.04 Å². The van der Waals surface area contributed by atoms with Crippen molar-refractivity contribution in [1.29, 1.82) is 0 Å². The van der Waals surface area contributed by atoms with Crippen LogP contribution in [-0.4, -0.2) is 18.0 Å². The molecule has 0 bridgehead atoms. The lowest BCUT2D eigenvalue weighted by Gasteiger charge is -2.12. The monoisotopic (exact) mass is 271 g/mol. The van der Waals surface area contributed by atoms with Crippen LogP contribution in [0.3, 0.4) is 0 Å². The van der Waals surface area contributed by atoms with Gasteiger partial charge in [-0.1, -0.05) is 34.1 Å². The molecule has 1 aromatic rings. The minimum absolute atomic E-state index is 0.172. The van der Waals surface area contributed by atoms with Crippen molar-refractivity contribution in [1.82, 2.24) is 0 Å². The summed E-state index contributed by atoms with van der Waals surface area (Å²) in [5.41, 5.74) is 6.98. The van der Waals surface area contributed by atoms with Crippen LogP contribution in [0.15, 0.2) is 24.3 Å². The summed E-state index contributed by atoms with van der Waals surface area (Å²) in [6.07, 6.45) is 1.89. The summed E-state index contributed by atoms with van der Waals surface area (Å²) in [7, 11) is 0. The van der Waals surface area contributed by atoms with Gasteiger partial charge in [0.05, 0.1) is 6.61 Å². The molecule has 1 unspecified atom stereocenters. The lowest BCUT2D eigenvalue weighted by Crippen LogP contribution is -2.18. The van der Waals surface area contributed by atoms with E-state index in [9.17, 15) is 0 Å². The standard InChI is InChI=1S/C12H18BrNO/c1-10(14)9-11-5-2-3-6-12(11)15-8-4-7-13/h2-3,5-6,10H,4,7-9,14H2,1H3. The van der Waals surface area contributed by atoms with E-state index in [4.69, 9.17) is 10.5 Å². The van der Waals surface area contributed by atoms with Crippen LogP contribution in [0.5, 0.6) is 5.75 Å². The summed E-state index contributed by atoms with van der Waals surface area (Å²) >= 11 is 3.38. The largest absolute Gasteiger partial charge is 0.493 e. The second kappa shape index (κ2) is 6.85. The highest BCUT2D eigenvalue weighted by Crippen LogP contribution is 2.19. The molecule has 0 aromatic heterocycles. The van der Waals surface area contributed by atoms with Crippen molar-refractivity contribution in [2.24, 2.45) is 5.73 Å². The molecule has 0 saturated heterocycles. The third-order valence-corrected chi connectivity index (χ3v) is 2.61. The zero-order valence-electron chi connectivity index (χ0n) is 9.08. The summed E-state index contributed by atoms with van der Waals surface area (Å²) in [5.74, 6) is 0.968. The molecule has 1 atom stereocenters. The Hall–Kier alpha value is -0.540. The van der Waals surface area contributed by atoms with Gasteiger partial charge in [-0.25, -0.2) is 0 Å². The van der Waals surface area contributed by atoms with Crippen molar-refractivity contribution >= 4 is 15.9 Å². The van der Waals surface area contributed by atoms with Crippen LogP contribution in [-0.2, 0) is 6.42 Å². The molecule has 0 saturated carbocycles. The van der Waals surface area contributed by atoms with Crippen LogP contribution in [0, 0.1) is 0 Å². The quantitative estimate of drug-likeness (QED) is 0.638. The van der Waals surface area contributed by atoms with E-state index in [1.54, 1.807) is 0 Å². The number of alkyl halides is 1. The zero-order valence-corrected chi connectivity index (χ0v) is 10.7. The first kappa shape index (κ1) is 12.5. The fourth-order valence-electron chi connectivity index (χ4n) is 1.40. The van der Waals surface area contributed by atoms with Crippen molar-refractivity contribution in [3.05, 3.63) is 29.8 Å². The molecule has 0 spiro atoms. The Kier molecular flexibility index (Phi) is 5.73. The van der Waals surface area contributed by atoms with Crippen LogP contribution in [0.1, 0.15) is 18.9 Å². The van der Waals surface area contributed by atoms with Crippen molar-refractivity contribution in [2.75, 3.05) is 11.9 Å². The van der Waals surface area contributed by atoms with E-state index >= 15 is 0 Å². The molecule has 15 heavy (non-hydrogen) atoms. The van der Waals surface area contributed by atoms with E-state index in [1.807, 2.05) is 25.1 Å². The average molecular weight is 272 g/mol. The molecule has 0 amide bonds. The van der Waals surface area contributed by atoms with Gasteiger partial charge >= 0.3 is 0 Å². The van der Waals surface area contributed by atoms with Gasteiger partial charge in [0, 0.05) is 11.4 Å². The number of hydrogen-bond acceptors (Lipinski definition) is 2. The van der Waals surface area contributed by atoms with Crippen molar-refractivity contribution in [3.8, 4) is 5.75 Å². The Labute approximate surface area is 99.9 Å². The van der Waals surface area contributed by atoms with Gasteiger partial charge in [-0.2, -0.15) is 0 Å². The number of ether oxygens (including phenoxy) is 1. The summed E-state index contributed by atoms with van der Waals surface area (Å²) in [5, 5.41) is 0.975. The van der Waals surface area contributed by atoms with E-state index in [0.717, 1.165) is 30.5 Å². The lowest BCUT2D eigenvalue weighted by molar-refractivity contribution is 0.315. The third-order valence-electron chi connectivity index (χ3n) is 2.05. The fourth-order valence-corrected chi connectivity index (χ4v) is 1.63. The highest BCUT2D eigenvalue weighted by atomic mass is 79.9. The van der Waals surface area contributed by atoms with Crippen LogP contribution < -0.4 is 10.5 Å². The van der Waals surface area contributed by atoms with Crippen molar-refractivity contribution in [2.45, 2.75) is 25.8 Å². The second-order valence-electron chi connectivity index (χ2n) is 3.68. The van der Waals surface area contributed by atoms with Crippen LogP contribution >= 0.6 is 15.9 Å². The fraction of sp³-hybridized carbons (Fsp3) is 0.500. The number of halogens is 1. The van der Waals surface area contributed by atoms with Gasteiger partial charge in [0.25, 0.3) is 0 Å². The molecule has 1 aromatic carbocycles. The number of rotatable bonds is 6. The van der Waals surface area contributed by atoms with E-state index in [1.165, 1.54) is 5.56 Å². The van der Waals surface area contributed by atoms with Crippen molar-refractivity contribution in [3.63, 3.8) is 0 Å². The van der Waals surface area contributed by atoms with Crippen LogP contribution in [0.2, 0.25) is 0 Å². The Morgan fingerprint density at radius 2 is 2.13 bits per heavy atom. The molecule has 2 N–H and O–H groups in total. The summed E-state index contributed by atoms with van der Waals surface area (Å²) < 4.78 is 5.69. The van der Waals surface area contributed by atoms with Gasteiger partial charge in [0.15, 0.2) is 0 Å². The molecule has 0 fully saturated rings. The molecule has 0 radical (unpaired) electrons. The molecule has 3 heteroatoms. The van der Waals surface area contributed by atoms with Gasteiger partial charge in [-0.05, 0) is 31.4 Å². The number of benzene rings is 1. The van der Waals surface area contributed by atoms with Gasteiger partial charge in [-0.3, -0.25) is 0 Å². The smallest absolute Gasteiger partial charge is 0.122 e. The Morgan fingerprint density at radius 3 is 2.80 bits per heavy atom. The third kappa shape index (κ3) is 4.67. The molecular formula is C12H18BrNO. The molecule has 0 aliphatic rings. The van der Waals surface area contributed by atoms with E-state index < -0.39 is 0 Å². The van der Waals surface area contributed by atoms with Crippen molar-refractivity contribution < 1.29 is 4.74 Å². The molecule has 0 aliphatic heterocycles. The second-order valence-corrected chi connectivity index (χ2v) is 4.47. The highest BCUT2D eigenvalue weighted by molar-refractivity contribution is 9.09. The maximum absolute atomic E-state index is 5.79. The van der Waals surface area contributed by atoms with Crippen LogP contribution in [0.4, 0.5) is 0 Å². The number of hydrogen-bond donors (Lipinski definition) is 1. The Balaban J connectivity index is 2.60. The molecule has 1 rings (SSSR count). The maximum atomic E-state index is 5.79. The van der Waals surface area contributed by atoms with E-state index in [0.29, 0.717) is 0 Å². The summed E-state index contributed by atoms with van der Waals surface area (Å²) in [6, 6.07) is 8.27. The molecule has 0 aliphatic carbocycles. The molecule has 84 valence electrons. The maximum Gasteiger partial charge on any atom is 0.122 e. The molecular weight excluding hydrogens is 254 g/mol. The first-order chi connectivity index (χ1) is 7.24. The topological polar surface area (TPSA) is 35.2 Å². The molecule has 2 nitrogen and oxygen atoms in total. The number of nitrogens with two attached hydrogens (primary N) is 1. The van der Waals surface area contributed by atoms with E-state index in [2.05, 4.69) is 22.0 Å². The van der Waals surface area contributed by atoms with Gasteiger partial charge < -0.3 is 10.5 Å².